The molecule has 1 fully saturated rings. The number of carbonyl (C=O) groups is 1. The van der Waals surface area contributed by atoms with Gasteiger partial charge < -0.3 is 9.63 Å². The van der Waals surface area contributed by atoms with Crippen LogP contribution in [0.15, 0.2) is 28.9 Å². The summed E-state index contributed by atoms with van der Waals surface area (Å²) in [6, 6.07) is 5.62. The molecule has 2 aromatic rings. The average molecular weight is 245 g/mol. The summed E-state index contributed by atoms with van der Waals surface area (Å²) in [6.07, 6.45) is 2.78. The Labute approximate surface area is 103 Å². The Balaban J connectivity index is 1.69. The second kappa shape index (κ2) is 4.21. The van der Waals surface area contributed by atoms with Crippen LogP contribution in [0.25, 0.3) is 0 Å². The largest absolute Gasteiger partial charge is 0.481 e. The van der Waals surface area contributed by atoms with Crippen molar-refractivity contribution in [2.24, 2.45) is 5.92 Å². The van der Waals surface area contributed by atoms with Gasteiger partial charge >= 0.3 is 5.97 Å². The first-order valence-corrected chi connectivity index (χ1v) is 5.69. The molecule has 0 radical (unpaired) electrons. The maximum absolute atomic E-state index is 10.7. The van der Waals surface area contributed by atoms with E-state index in [1.807, 2.05) is 18.2 Å². The molecule has 1 saturated carbocycles. The van der Waals surface area contributed by atoms with Gasteiger partial charge in [-0.3, -0.25) is 9.78 Å². The van der Waals surface area contributed by atoms with Crippen LogP contribution in [0.5, 0.6) is 0 Å². The van der Waals surface area contributed by atoms with Crippen molar-refractivity contribution in [3.05, 3.63) is 41.8 Å². The van der Waals surface area contributed by atoms with Gasteiger partial charge in [0.1, 0.15) is 0 Å². The second-order valence-electron chi connectivity index (χ2n) is 4.33. The smallest absolute Gasteiger partial charge is 0.307 e. The van der Waals surface area contributed by atoms with E-state index < -0.39 is 5.97 Å². The van der Waals surface area contributed by atoms with E-state index in [0.29, 0.717) is 24.6 Å². The van der Waals surface area contributed by atoms with Gasteiger partial charge in [0.2, 0.25) is 5.89 Å². The van der Waals surface area contributed by atoms with Gasteiger partial charge in [0.15, 0.2) is 5.82 Å². The third-order valence-electron chi connectivity index (χ3n) is 2.97. The first-order valence-electron chi connectivity index (χ1n) is 5.69. The number of aliphatic carboxylic acids is 1. The van der Waals surface area contributed by atoms with E-state index in [2.05, 4.69) is 15.1 Å². The number of carboxylic acids is 1. The molecule has 3 rings (SSSR count). The Morgan fingerprint density at radius 3 is 3.06 bits per heavy atom. The van der Waals surface area contributed by atoms with Crippen LogP contribution in [-0.2, 0) is 11.2 Å². The molecule has 92 valence electrons. The fraction of sp³-hybridized carbons (Fsp3) is 0.333. The van der Waals surface area contributed by atoms with Crippen LogP contribution in [0, 0.1) is 5.92 Å². The van der Waals surface area contributed by atoms with Crippen molar-refractivity contribution < 1.29 is 14.4 Å². The van der Waals surface area contributed by atoms with Crippen LogP contribution in [0.2, 0.25) is 0 Å². The lowest BCUT2D eigenvalue weighted by molar-refractivity contribution is -0.138. The monoisotopic (exact) mass is 245 g/mol. The summed E-state index contributed by atoms with van der Waals surface area (Å²) >= 11 is 0. The number of rotatable bonds is 4. The lowest BCUT2D eigenvalue weighted by atomic mass is 10.2. The molecule has 1 aliphatic carbocycles. The summed E-state index contributed by atoms with van der Waals surface area (Å²) in [5.74, 6) is -0.321. The highest BCUT2D eigenvalue weighted by Crippen LogP contribution is 2.46. The molecule has 1 aliphatic rings. The zero-order valence-corrected chi connectivity index (χ0v) is 9.48. The van der Waals surface area contributed by atoms with Gasteiger partial charge in [0.05, 0.1) is 18.3 Å². The molecule has 2 unspecified atom stereocenters. The fourth-order valence-corrected chi connectivity index (χ4v) is 1.90. The molecular formula is C12H11N3O3. The molecule has 2 heterocycles. The quantitative estimate of drug-likeness (QED) is 0.871. The predicted octanol–water partition coefficient (Wildman–Crippen LogP) is 1.24. The fourth-order valence-electron chi connectivity index (χ4n) is 1.90. The van der Waals surface area contributed by atoms with Crippen molar-refractivity contribution in [2.45, 2.75) is 18.8 Å². The summed E-state index contributed by atoms with van der Waals surface area (Å²) < 4.78 is 5.09. The van der Waals surface area contributed by atoms with Crippen LogP contribution in [0.4, 0.5) is 0 Å². The second-order valence-corrected chi connectivity index (χ2v) is 4.33. The molecule has 1 N–H and O–H groups in total. The van der Waals surface area contributed by atoms with Gasteiger partial charge in [-0.1, -0.05) is 11.2 Å². The lowest BCUT2D eigenvalue weighted by Crippen LogP contribution is -1.99. The summed E-state index contributed by atoms with van der Waals surface area (Å²) in [6.45, 7) is 0. The minimum atomic E-state index is -0.801. The Bertz CT molecular complexity index is 567. The van der Waals surface area contributed by atoms with Crippen molar-refractivity contribution in [3.63, 3.8) is 0 Å². The summed E-state index contributed by atoms with van der Waals surface area (Å²) in [5.41, 5.74) is 0.857. The molecule has 0 bridgehead atoms. The van der Waals surface area contributed by atoms with Gasteiger partial charge in [-0.25, -0.2) is 0 Å². The van der Waals surface area contributed by atoms with Crippen molar-refractivity contribution in [3.8, 4) is 0 Å². The molecular weight excluding hydrogens is 234 g/mol. The number of aromatic nitrogens is 3. The molecule has 2 aromatic heterocycles. The van der Waals surface area contributed by atoms with Crippen molar-refractivity contribution in [1.29, 1.82) is 0 Å². The zero-order chi connectivity index (χ0) is 12.5. The van der Waals surface area contributed by atoms with E-state index in [1.165, 1.54) is 0 Å². The number of hydrogen-bond donors (Lipinski definition) is 1. The predicted molar refractivity (Wildman–Crippen MR) is 59.8 cm³/mol. The number of pyridine rings is 1. The topological polar surface area (TPSA) is 89.1 Å². The van der Waals surface area contributed by atoms with Crippen LogP contribution >= 0.6 is 0 Å². The molecule has 0 aliphatic heterocycles. The molecule has 6 heteroatoms. The highest BCUT2D eigenvalue weighted by molar-refractivity contribution is 5.74. The maximum Gasteiger partial charge on any atom is 0.307 e. The van der Waals surface area contributed by atoms with Gasteiger partial charge in [-0.15, -0.1) is 0 Å². The minimum absolute atomic E-state index is 0.118. The molecule has 2 atom stereocenters. The van der Waals surface area contributed by atoms with Crippen molar-refractivity contribution in [2.75, 3.05) is 0 Å². The third kappa shape index (κ3) is 2.09. The molecule has 0 aromatic carbocycles. The normalized spacial score (nSPS) is 21.8. The Kier molecular flexibility index (Phi) is 2.55. The number of nitrogens with zero attached hydrogens (tertiary/aromatic N) is 3. The third-order valence-corrected chi connectivity index (χ3v) is 2.97. The maximum atomic E-state index is 10.7. The van der Waals surface area contributed by atoms with Crippen molar-refractivity contribution >= 4 is 5.97 Å². The SMILES string of the molecule is O=C(O)C1CC1c1nc(Cc2ccccn2)no1. The van der Waals surface area contributed by atoms with Gasteiger partial charge in [-0.05, 0) is 18.6 Å². The van der Waals surface area contributed by atoms with E-state index in [9.17, 15) is 4.79 Å². The molecule has 0 amide bonds. The average Bonchev–Trinajstić information content (AvgIpc) is 3.05. The molecule has 0 spiro atoms. The van der Waals surface area contributed by atoms with Crippen LogP contribution in [0.3, 0.4) is 0 Å². The van der Waals surface area contributed by atoms with Crippen molar-refractivity contribution in [1.82, 2.24) is 15.1 Å². The van der Waals surface area contributed by atoms with Gasteiger partial charge in [-0.2, -0.15) is 4.98 Å². The number of hydrogen-bond acceptors (Lipinski definition) is 5. The Morgan fingerprint density at radius 1 is 1.50 bits per heavy atom. The Morgan fingerprint density at radius 2 is 2.39 bits per heavy atom. The summed E-state index contributed by atoms with van der Waals surface area (Å²) in [4.78, 5) is 19.1. The highest BCUT2D eigenvalue weighted by Gasteiger charge is 2.48. The molecule has 0 saturated heterocycles. The van der Waals surface area contributed by atoms with E-state index in [0.717, 1.165) is 5.69 Å². The molecule has 18 heavy (non-hydrogen) atoms. The summed E-state index contributed by atoms with van der Waals surface area (Å²) in [7, 11) is 0. The number of carboxylic acid groups (broad SMARTS) is 1. The first-order chi connectivity index (χ1) is 8.74. The lowest BCUT2D eigenvalue weighted by Gasteiger charge is -1.93. The van der Waals surface area contributed by atoms with Crippen LogP contribution in [-0.4, -0.2) is 26.2 Å². The van der Waals surface area contributed by atoms with Gasteiger partial charge in [0, 0.05) is 11.9 Å². The van der Waals surface area contributed by atoms with Crippen LogP contribution in [0.1, 0.15) is 29.7 Å². The standard InChI is InChI=1S/C12H11N3O3/c16-12(17)9-6-8(9)11-14-10(15-18-11)5-7-3-1-2-4-13-7/h1-4,8-9H,5-6H2,(H,16,17). The Hall–Kier alpha value is -2.24. The molecule has 6 nitrogen and oxygen atoms in total. The van der Waals surface area contributed by atoms with E-state index >= 15 is 0 Å². The first kappa shape index (κ1) is 10.9. The van der Waals surface area contributed by atoms with E-state index in [-0.39, 0.29) is 11.8 Å². The summed E-state index contributed by atoms with van der Waals surface area (Å²) in [5, 5.41) is 12.7. The zero-order valence-electron chi connectivity index (χ0n) is 9.48. The van der Waals surface area contributed by atoms with Gasteiger partial charge in [0.25, 0.3) is 0 Å². The van der Waals surface area contributed by atoms with E-state index in [4.69, 9.17) is 9.63 Å². The van der Waals surface area contributed by atoms with E-state index in [1.54, 1.807) is 6.20 Å². The highest BCUT2D eigenvalue weighted by atomic mass is 16.5. The minimum Gasteiger partial charge on any atom is -0.481 e. The van der Waals surface area contributed by atoms with Crippen LogP contribution < -0.4 is 0 Å².